The van der Waals surface area contributed by atoms with Crippen LogP contribution < -0.4 is 19.2 Å². The first kappa shape index (κ1) is 25.5. The third-order valence-corrected chi connectivity index (χ3v) is 11.0. The molecule has 41 heavy (non-hydrogen) atoms. The SMILES string of the molecule is Brc1ccc2c3c(ccc2c1)O[P+]1(NC3c2ccccc2)NC(c2ccccc2)c2c(ccc3cc(Br)ccc23)O1. The summed E-state index contributed by atoms with van der Waals surface area (Å²) in [6.07, 6.45) is 0. The van der Waals surface area contributed by atoms with Gasteiger partial charge in [0.15, 0.2) is 11.5 Å². The van der Waals surface area contributed by atoms with Gasteiger partial charge in [0.25, 0.3) is 0 Å². The quantitative estimate of drug-likeness (QED) is 0.178. The predicted octanol–water partition coefficient (Wildman–Crippen LogP) is 10.0. The van der Waals surface area contributed by atoms with Crippen LogP contribution in [-0.2, 0) is 0 Å². The Hall–Kier alpha value is -3.25. The molecule has 2 aliphatic rings. The third kappa shape index (κ3) is 4.37. The average Bonchev–Trinajstić information content (AvgIpc) is 3.00. The molecule has 0 saturated carbocycles. The van der Waals surface area contributed by atoms with Crippen LogP contribution in [0.3, 0.4) is 0 Å². The number of nitrogens with one attached hydrogen (secondary N) is 2. The van der Waals surface area contributed by atoms with Crippen molar-refractivity contribution in [1.29, 1.82) is 0 Å². The van der Waals surface area contributed by atoms with E-state index in [9.17, 15) is 0 Å². The van der Waals surface area contributed by atoms with Crippen LogP contribution in [0.25, 0.3) is 21.5 Å². The largest absolute Gasteiger partial charge is 0.520 e. The van der Waals surface area contributed by atoms with E-state index in [-0.39, 0.29) is 12.1 Å². The Labute approximate surface area is 255 Å². The van der Waals surface area contributed by atoms with Crippen LogP contribution in [0.15, 0.2) is 130 Å². The second kappa shape index (κ2) is 9.94. The summed E-state index contributed by atoms with van der Waals surface area (Å²) in [7, 11) is -2.89. The van der Waals surface area contributed by atoms with Gasteiger partial charge in [-0.1, -0.05) is 127 Å². The molecule has 2 N–H and O–H groups in total. The molecule has 0 fully saturated rings. The number of benzene rings is 6. The zero-order chi connectivity index (χ0) is 27.6. The number of hydrogen-bond acceptors (Lipinski definition) is 4. The summed E-state index contributed by atoms with van der Waals surface area (Å²) in [6.45, 7) is 0. The molecule has 8 rings (SSSR count). The molecule has 0 aromatic heterocycles. The van der Waals surface area contributed by atoms with Crippen molar-refractivity contribution >= 4 is 61.4 Å². The van der Waals surface area contributed by atoms with Crippen molar-refractivity contribution in [3.8, 4) is 11.5 Å². The first-order chi connectivity index (χ1) is 20.1. The van der Waals surface area contributed by atoms with Gasteiger partial charge in [-0.2, -0.15) is 0 Å². The topological polar surface area (TPSA) is 42.5 Å². The van der Waals surface area contributed by atoms with Gasteiger partial charge in [-0.3, -0.25) is 9.05 Å². The smallest absolute Gasteiger partial charge is 0.272 e. The van der Waals surface area contributed by atoms with Gasteiger partial charge in [0.2, 0.25) is 0 Å². The lowest BCUT2D eigenvalue weighted by Crippen LogP contribution is -2.45. The van der Waals surface area contributed by atoms with Crippen LogP contribution in [-0.4, -0.2) is 0 Å². The van der Waals surface area contributed by atoms with E-state index in [1.54, 1.807) is 0 Å². The monoisotopic (exact) mass is 681 g/mol. The number of hydrogen-bond donors (Lipinski definition) is 2. The second-order valence-corrected chi connectivity index (χ2v) is 14.2. The van der Waals surface area contributed by atoms with Crippen molar-refractivity contribution in [3.05, 3.63) is 153 Å². The molecule has 0 radical (unpaired) electrons. The Morgan fingerprint density at radius 3 is 1.39 bits per heavy atom. The normalized spacial score (nSPS) is 21.2. The molecule has 7 heteroatoms. The van der Waals surface area contributed by atoms with E-state index in [4.69, 9.17) is 9.05 Å². The molecule has 2 aliphatic heterocycles. The van der Waals surface area contributed by atoms with E-state index in [0.29, 0.717) is 0 Å². The Kier molecular flexibility index (Phi) is 6.17. The van der Waals surface area contributed by atoms with Gasteiger partial charge in [0, 0.05) is 20.1 Å². The van der Waals surface area contributed by atoms with Gasteiger partial charge in [-0.25, -0.2) is 0 Å². The van der Waals surface area contributed by atoms with E-state index in [0.717, 1.165) is 64.2 Å². The van der Waals surface area contributed by atoms with Crippen molar-refractivity contribution in [1.82, 2.24) is 10.2 Å². The highest BCUT2D eigenvalue weighted by Crippen LogP contribution is 2.65. The molecule has 0 amide bonds. The molecule has 200 valence electrons. The summed E-state index contributed by atoms with van der Waals surface area (Å²) in [5.41, 5.74) is 4.54. The van der Waals surface area contributed by atoms with E-state index in [1.165, 1.54) is 0 Å². The maximum absolute atomic E-state index is 6.94. The second-order valence-electron chi connectivity index (χ2n) is 10.4. The van der Waals surface area contributed by atoms with Crippen molar-refractivity contribution in [3.63, 3.8) is 0 Å². The minimum absolute atomic E-state index is 0.139. The van der Waals surface area contributed by atoms with Gasteiger partial charge in [-0.05, 0) is 69.1 Å². The van der Waals surface area contributed by atoms with E-state index in [1.807, 2.05) is 0 Å². The molecule has 2 heterocycles. The molecule has 6 aromatic carbocycles. The molecular formula is C34H24Br2N2O2P+. The Morgan fingerprint density at radius 1 is 0.512 bits per heavy atom. The Balaban J connectivity index is 1.34. The van der Waals surface area contributed by atoms with Crippen LogP contribution >= 0.6 is 39.9 Å². The number of fused-ring (bicyclic) bond motifs is 6. The van der Waals surface area contributed by atoms with Crippen LogP contribution in [0, 0.1) is 0 Å². The highest BCUT2D eigenvalue weighted by Gasteiger charge is 2.58. The van der Waals surface area contributed by atoms with E-state index in [2.05, 4.69) is 163 Å². The zero-order valence-electron chi connectivity index (χ0n) is 21.7. The Bertz CT molecular complexity index is 1810. The van der Waals surface area contributed by atoms with Crippen LogP contribution in [0.2, 0.25) is 0 Å². The van der Waals surface area contributed by atoms with Crippen molar-refractivity contribution in [2.24, 2.45) is 0 Å². The highest BCUT2D eigenvalue weighted by molar-refractivity contribution is 9.10. The summed E-state index contributed by atoms with van der Waals surface area (Å²) >= 11 is 7.27. The first-order valence-electron chi connectivity index (χ1n) is 13.4. The molecule has 6 aromatic rings. The summed E-state index contributed by atoms with van der Waals surface area (Å²) < 4.78 is 16.0. The average molecular weight is 683 g/mol. The van der Waals surface area contributed by atoms with Crippen LogP contribution in [0.4, 0.5) is 0 Å². The fourth-order valence-electron chi connectivity index (χ4n) is 6.04. The molecule has 4 nitrogen and oxygen atoms in total. The molecule has 0 aliphatic carbocycles. The third-order valence-electron chi connectivity index (χ3n) is 7.86. The molecule has 2 atom stereocenters. The summed E-state index contributed by atoms with van der Waals surface area (Å²) in [5, 5.41) is 12.4. The molecule has 0 bridgehead atoms. The lowest BCUT2D eigenvalue weighted by molar-refractivity contribution is 0.373. The first-order valence-corrected chi connectivity index (χ1v) is 16.7. The van der Waals surface area contributed by atoms with Crippen molar-refractivity contribution in [2.45, 2.75) is 12.1 Å². The lowest BCUT2D eigenvalue weighted by atomic mass is 9.93. The summed E-state index contributed by atoms with van der Waals surface area (Å²) in [6, 6.07) is 42.0. The number of halogens is 2. The highest BCUT2D eigenvalue weighted by atomic mass is 79.9. The van der Waals surface area contributed by atoms with E-state index >= 15 is 0 Å². The predicted molar refractivity (Wildman–Crippen MR) is 174 cm³/mol. The van der Waals surface area contributed by atoms with Gasteiger partial charge in [0.1, 0.15) is 12.1 Å². The van der Waals surface area contributed by atoms with E-state index < -0.39 is 8.02 Å². The minimum Gasteiger partial charge on any atom is -0.272 e. The van der Waals surface area contributed by atoms with Crippen LogP contribution in [0.1, 0.15) is 34.3 Å². The van der Waals surface area contributed by atoms with Gasteiger partial charge >= 0.3 is 8.02 Å². The molecule has 2 unspecified atom stereocenters. The molecular weight excluding hydrogens is 659 g/mol. The summed E-state index contributed by atoms with van der Waals surface area (Å²) in [4.78, 5) is 0. The summed E-state index contributed by atoms with van der Waals surface area (Å²) in [5.74, 6) is 1.65. The zero-order valence-corrected chi connectivity index (χ0v) is 25.8. The Morgan fingerprint density at radius 2 is 0.951 bits per heavy atom. The van der Waals surface area contributed by atoms with Gasteiger partial charge in [-0.15, -0.1) is 0 Å². The standard InChI is InChI=1S/C34H24Br2N2O2P/c35-25-13-15-27-23(19-25)11-17-29-31(27)33(21-7-3-1-4-8-21)37-41(39-29)38-34(22-9-5-2-6-10-22)32-28-16-14-26(36)20-24(28)12-18-30(32)40-41/h1-20,33-34,37-38H/q+1. The van der Waals surface area contributed by atoms with Crippen LogP contribution in [0.5, 0.6) is 11.5 Å². The fourth-order valence-corrected chi connectivity index (χ4v) is 9.23. The lowest BCUT2D eigenvalue weighted by Gasteiger charge is -2.39. The van der Waals surface area contributed by atoms with Crippen molar-refractivity contribution < 1.29 is 9.05 Å². The van der Waals surface area contributed by atoms with Crippen molar-refractivity contribution in [2.75, 3.05) is 0 Å². The number of rotatable bonds is 2. The maximum Gasteiger partial charge on any atom is 0.520 e. The maximum atomic E-state index is 6.94. The van der Waals surface area contributed by atoms with Gasteiger partial charge < -0.3 is 0 Å². The molecule has 0 saturated heterocycles. The fraction of sp³-hybridized carbons (Fsp3) is 0.0588. The van der Waals surface area contributed by atoms with Gasteiger partial charge in [0.05, 0.1) is 0 Å². The minimum atomic E-state index is -2.89. The molecule has 1 spiro atoms.